The van der Waals surface area contributed by atoms with Crippen molar-refractivity contribution in [3.8, 4) is 11.6 Å². The van der Waals surface area contributed by atoms with Gasteiger partial charge in [-0.1, -0.05) is 12.1 Å². The molecule has 6 heteroatoms. The summed E-state index contributed by atoms with van der Waals surface area (Å²) in [6.45, 7) is 1.73. The highest BCUT2D eigenvalue weighted by molar-refractivity contribution is 5.65. The van der Waals surface area contributed by atoms with Crippen LogP contribution in [0, 0.1) is 12.7 Å². The Balaban J connectivity index is 2.12. The highest BCUT2D eigenvalue weighted by Gasteiger charge is 2.14. The van der Waals surface area contributed by atoms with Gasteiger partial charge in [-0.05, 0) is 24.6 Å². The van der Waals surface area contributed by atoms with Crippen LogP contribution in [0.4, 0.5) is 4.39 Å². The number of aliphatic hydroxyl groups excluding tert-OH is 1. The van der Waals surface area contributed by atoms with Crippen molar-refractivity contribution in [3.63, 3.8) is 0 Å². The third-order valence-electron chi connectivity index (χ3n) is 3.11. The molecule has 0 saturated heterocycles. The molecule has 0 aliphatic carbocycles. The quantitative estimate of drug-likeness (QED) is 0.796. The topological polar surface area (TPSA) is 59.7 Å². The van der Waals surface area contributed by atoms with Crippen LogP contribution in [0.3, 0.4) is 0 Å². The zero-order valence-corrected chi connectivity index (χ0v) is 10.7. The molecule has 2 aromatic heterocycles. The van der Waals surface area contributed by atoms with Crippen molar-refractivity contribution in [3.05, 3.63) is 53.7 Å². The van der Waals surface area contributed by atoms with Crippen molar-refractivity contribution < 1.29 is 14.2 Å². The molecule has 0 spiro atoms. The molecule has 0 bridgehead atoms. The molecule has 102 valence electrons. The van der Waals surface area contributed by atoms with Crippen LogP contribution in [-0.2, 0) is 6.61 Å². The maximum Gasteiger partial charge on any atom is 0.247 e. The normalized spacial score (nSPS) is 10.9. The van der Waals surface area contributed by atoms with Crippen LogP contribution in [0.1, 0.15) is 11.1 Å². The molecular weight excluding hydrogens is 261 g/mol. The fourth-order valence-electron chi connectivity index (χ4n) is 2.04. The number of aryl methyl sites for hydroxylation is 1. The highest BCUT2D eigenvalue weighted by Crippen LogP contribution is 2.29. The lowest BCUT2D eigenvalue weighted by molar-refractivity contribution is 0.281. The number of para-hydroxylation sites is 1. The maximum atomic E-state index is 13.6. The fraction of sp³-hybridized carbons (Fsp3) is 0.143. The smallest absolute Gasteiger partial charge is 0.247 e. The summed E-state index contributed by atoms with van der Waals surface area (Å²) in [7, 11) is 0. The van der Waals surface area contributed by atoms with Crippen molar-refractivity contribution in [1.82, 2.24) is 14.6 Å². The molecule has 3 rings (SSSR count). The summed E-state index contributed by atoms with van der Waals surface area (Å²) in [6, 6.07) is 6.11. The van der Waals surface area contributed by atoms with E-state index in [4.69, 9.17) is 4.74 Å². The number of rotatable bonds is 3. The standard InChI is InChI=1S/C14H12FN3O2/c1-9-10(7-19)6-18-13(9)14(16-8-17-18)20-12-5-3-2-4-11(12)15/h2-6,8,19H,7H2,1H3. The minimum Gasteiger partial charge on any atom is -0.434 e. The Morgan fingerprint density at radius 1 is 1.35 bits per heavy atom. The zero-order valence-electron chi connectivity index (χ0n) is 10.7. The van der Waals surface area contributed by atoms with Gasteiger partial charge in [0.2, 0.25) is 5.88 Å². The fourth-order valence-corrected chi connectivity index (χ4v) is 2.04. The third-order valence-corrected chi connectivity index (χ3v) is 3.11. The predicted octanol–water partition coefficient (Wildman–Crippen LogP) is 2.46. The van der Waals surface area contributed by atoms with Crippen molar-refractivity contribution in [1.29, 1.82) is 0 Å². The van der Waals surface area contributed by atoms with Crippen molar-refractivity contribution in [2.24, 2.45) is 0 Å². The van der Waals surface area contributed by atoms with Gasteiger partial charge in [-0.3, -0.25) is 0 Å². The summed E-state index contributed by atoms with van der Waals surface area (Å²) in [5.41, 5.74) is 2.14. The van der Waals surface area contributed by atoms with Crippen molar-refractivity contribution in [2.75, 3.05) is 0 Å². The first-order valence-corrected chi connectivity index (χ1v) is 6.05. The molecule has 0 atom stereocenters. The van der Waals surface area contributed by atoms with Crippen LogP contribution in [0.5, 0.6) is 11.6 Å². The van der Waals surface area contributed by atoms with Gasteiger partial charge >= 0.3 is 0 Å². The second-order valence-electron chi connectivity index (χ2n) is 4.33. The SMILES string of the molecule is Cc1c(CO)cn2ncnc(Oc3ccccc3F)c12. The minimum atomic E-state index is -0.462. The summed E-state index contributed by atoms with van der Waals surface area (Å²) >= 11 is 0. The lowest BCUT2D eigenvalue weighted by Crippen LogP contribution is -1.97. The molecule has 0 aliphatic rings. The maximum absolute atomic E-state index is 13.6. The average Bonchev–Trinajstić information content (AvgIpc) is 2.79. The lowest BCUT2D eigenvalue weighted by Gasteiger charge is -2.07. The van der Waals surface area contributed by atoms with E-state index in [-0.39, 0.29) is 18.2 Å². The van der Waals surface area contributed by atoms with Gasteiger partial charge in [0, 0.05) is 11.8 Å². The molecule has 1 aromatic carbocycles. The second kappa shape index (κ2) is 4.90. The second-order valence-corrected chi connectivity index (χ2v) is 4.33. The van der Waals surface area contributed by atoms with E-state index < -0.39 is 5.82 Å². The van der Waals surface area contributed by atoms with Gasteiger partial charge in [0.25, 0.3) is 0 Å². The van der Waals surface area contributed by atoms with E-state index in [2.05, 4.69) is 10.1 Å². The molecule has 0 saturated carbocycles. The van der Waals surface area contributed by atoms with Crippen LogP contribution in [0.25, 0.3) is 5.52 Å². The van der Waals surface area contributed by atoms with E-state index in [0.29, 0.717) is 5.52 Å². The number of halogens is 1. The number of fused-ring (bicyclic) bond motifs is 1. The van der Waals surface area contributed by atoms with Gasteiger partial charge in [-0.2, -0.15) is 10.1 Å². The van der Waals surface area contributed by atoms with Crippen LogP contribution >= 0.6 is 0 Å². The molecule has 2 heterocycles. The minimum absolute atomic E-state index is 0.0965. The van der Waals surface area contributed by atoms with Gasteiger partial charge < -0.3 is 9.84 Å². The Morgan fingerprint density at radius 2 is 2.15 bits per heavy atom. The summed E-state index contributed by atoms with van der Waals surface area (Å²) in [5, 5.41) is 13.3. The van der Waals surface area contributed by atoms with Crippen molar-refractivity contribution in [2.45, 2.75) is 13.5 Å². The summed E-state index contributed by atoms with van der Waals surface area (Å²) in [5.74, 6) is -0.114. The first-order chi connectivity index (χ1) is 9.70. The first kappa shape index (κ1) is 12.6. The molecule has 0 aliphatic heterocycles. The molecule has 0 fully saturated rings. The van der Waals surface area contributed by atoms with Gasteiger partial charge in [0.05, 0.1) is 6.61 Å². The van der Waals surface area contributed by atoms with E-state index in [1.54, 1.807) is 22.8 Å². The lowest BCUT2D eigenvalue weighted by atomic mass is 10.2. The zero-order chi connectivity index (χ0) is 14.1. The Labute approximate surface area is 114 Å². The Hall–Kier alpha value is -2.47. The van der Waals surface area contributed by atoms with Crippen LogP contribution < -0.4 is 4.74 Å². The summed E-state index contributed by atoms with van der Waals surface area (Å²) in [4.78, 5) is 4.05. The Bertz CT molecular complexity index is 770. The molecule has 3 aromatic rings. The van der Waals surface area contributed by atoms with Gasteiger partial charge in [-0.15, -0.1) is 0 Å². The Kier molecular flexibility index (Phi) is 3.08. The number of ether oxygens (including phenoxy) is 1. The number of aliphatic hydroxyl groups is 1. The molecule has 0 amide bonds. The third kappa shape index (κ3) is 2.00. The van der Waals surface area contributed by atoms with Crippen LogP contribution in [0.15, 0.2) is 36.8 Å². The molecule has 0 radical (unpaired) electrons. The highest BCUT2D eigenvalue weighted by atomic mass is 19.1. The number of hydrogen-bond acceptors (Lipinski definition) is 4. The van der Waals surface area contributed by atoms with Crippen LogP contribution in [0.2, 0.25) is 0 Å². The van der Waals surface area contributed by atoms with E-state index >= 15 is 0 Å². The number of hydrogen-bond donors (Lipinski definition) is 1. The molecule has 5 nitrogen and oxygen atoms in total. The van der Waals surface area contributed by atoms with E-state index in [1.165, 1.54) is 18.5 Å². The number of benzene rings is 1. The molecule has 1 N–H and O–H groups in total. The first-order valence-electron chi connectivity index (χ1n) is 6.05. The Morgan fingerprint density at radius 3 is 2.90 bits per heavy atom. The monoisotopic (exact) mass is 273 g/mol. The number of nitrogens with zero attached hydrogens (tertiary/aromatic N) is 3. The van der Waals surface area contributed by atoms with Gasteiger partial charge in [0.1, 0.15) is 11.8 Å². The summed E-state index contributed by atoms with van der Waals surface area (Å²) < 4.78 is 20.7. The molecular formula is C14H12FN3O2. The van der Waals surface area contributed by atoms with Gasteiger partial charge in [0.15, 0.2) is 11.6 Å². The molecule has 20 heavy (non-hydrogen) atoms. The van der Waals surface area contributed by atoms with E-state index in [0.717, 1.165) is 11.1 Å². The van der Waals surface area contributed by atoms with E-state index in [1.807, 2.05) is 6.92 Å². The summed E-state index contributed by atoms with van der Waals surface area (Å²) in [6.07, 6.45) is 3.02. The predicted molar refractivity (Wildman–Crippen MR) is 70.1 cm³/mol. The number of aromatic nitrogens is 3. The largest absolute Gasteiger partial charge is 0.434 e. The molecule has 0 unspecified atom stereocenters. The average molecular weight is 273 g/mol. The van der Waals surface area contributed by atoms with Gasteiger partial charge in [-0.25, -0.2) is 8.91 Å². The van der Waals surface area contributed by atoms with Crippen LogP contribution in [-0.4, -0.2) is 19.7 Å². The van der Waals surface area contributed by atoms with E-state index in [9.17, 15) is 9.50 Å². The van der Waals surface area contributed by atoms with Crippen molar-refractivity contribution >= 4 is 5.52 Å².